The number of halogens is 1. The van der Waals surface area contributed by atoms with Crippen molar-refractivity contribution in [2.24, 2.45) is 0 Å². The normalized spacial score (nSPS) is 12.7. The van der Waals surface area contributed by atoms with Crippen LogP contribution in [-0.2, 0) is 0 Å². The van der Waals surface area contributed by atoms with Gasteiger partial charge in [-0.25, -0.2) is 9.78 Å². The van der Waals surface area contributed by atoms with Gasteiger partial charge in [0.25, 0.3) is 0 Å². The first-order valence-corrected chi connectivity index (χ1v) is 8.78. The average molecular weight is 374 g/mol. The number of aromatic nitrogens is 1. The van der Waals surface area contributed by atoms with Crippen molar-refractivity contribution in [3.8, 4) is 27.8 Å². The number of benzene rings is 2. The quantitative estimate of drug-likeness (QED) is 0.501. The number of rotatable bonds is 3. The molecule has 0 saturated heterocycles. The summed E-state index contributed by atoms with van der Waals surface area (Å²) in [5, 5.41) is 2.99. The molecule has 0 atom stereocenters. The highest BCUT2D eigenvalue weighted by atomic mass is 35.5. The van der Waals surface area contributed by atoms with E-state index in [0.717, 1.165) is 5.56 Å². The van der Waals surface area contributed by atoms with Crippen molar-refractivity contribution in [2.75, 3.05) is 13.2 Å². The van der Waals surface area contributed by atoms with Crippen LogP contribution in [0.2, 0.25) is 5.02 Å². The van der Waals surface area contributed by atoms with Crippen molar-refractivity contribution in [2.45, 2.75) is 0 Å². The van der Waals surface area contributed by atoms with Crippen molar-refractivity contribution in [3.05, 3.63) is 58.6 Å². The fourth-order valence-electron chi connectivity index (χ4n) is 2.37. The molecule has 0 N–H and O–H groups in total. The zero-order valence-electron chi connectivity index (χ0n) is 12.9. The van der Waals surface area contributed by atoms with E-state index < -0.39 is 5.97 Å². The second kappa shape index (κ2) is 6.74. The maximum absolute atomic E-state index is 12.3. The Balaban J connectivity index is 1.52. The van der Waals surface area contributed by atoms with E-state index in [0.29, 0.717) is 40.5 Å². The first kappa shape index (κ1) is 15.9. The molecule has 2 aromatic carbocycles. The number of nitrogens with zero attached hydrogens (tertiary/aromatic N) is 1. The lowest BCUT2D eigenvalue weighted by atomic mass is 10.2. The number of hydrogen-bond acceptors (Lipinski definition) is 6. The minimum absolute atomic E-state index is 0.245. The minimum Gasteiger partial charge on any atom is -0.486 e. The number of carbonyl (C=O) groups excluding carboxylic acids is 1. The summed E-state index contributed by atoms with van der Waals surface area (Å²) in [4.78, 5) is 16.7. The van der Waals surface area contributed by atoms with Crippen LogP contribution >= 0.6 is 22.9 Å². The van der Waals surface area contributed by atoms with Gasteiger partial charge in [-0.2, -0.15) is 0 Å². The van der Waals surface area contributed by atoms with Crippen LogP contribution in [0.1, 0.15) is 10.5 Å². The van der Waals surface area contributed by atoms with E-state index >= 15 is 0 Å². The largest absolute Gasteiger partial charge is 0.486 e. The van der Waals surface area contributed by atoms with Crippen LogP contribution in [0.4, 0.5) is 0 Å². The van der Waals surface area contributed by atoms with E-state index in [1.807, 2.05) is 12.1 Å². The molecule has 0 saturated carbocycles. The first-order chi connectivity index (χ1) is 12.2. The SMILES string of the molecule is O=C(Oc1ccc2c(c1)OCCO2)c1csc(-c2cccc(Cl)c2)n1. The van der Waals surface area contributed by atoms with Crippen LogP contribution in [0.3, 0.4) is 0 Å². The second-order valence-electron chi connectivity index (χ2n) is 5.24. The van der Waals surface area contributed by atoms with E-state index in [9.17, 15) is 4.79 Å². The lowest BCUT2D eigenvalue weighted by Gasteiger charge is -2.18. The van der Waals surface area contributed by atoms with E-state index in [-0.39, 0.29) is 5.69 Å². The lowest BCUT2D eigenvalue weighted by molar-refractivity contribution is 0.0728. The molecule has 3 aromatic rings. The van der Waals surface area contributed by atoms with Crippen molar-refractivity contribution in [1.29, 1.82) is 0 Å². The topological polar surface area (TPSA) is 57.7 Å². The van der Waals surface area contributed by atoms with Gasteiger partial charge >= 0.3 is 5.97 Å². The molecule has 0 aliphatic carbocycles. The van der Waals surface area contributed by atoms with Gasteiger partial charge in [0.15, 0.2) is 17.2 Å². The van der Waals surface area contributed by atoms with E-state index in [4.69, 9.17) is 25.8 Å². The molecule has 7 heteroatoms. The Morgan fingerprint density at radius 2 is 1.96 bits per heavy atom. The first-order valence-electron chi connectivity index (χ1n) is 7.52. The van der Waals surface area contributed by atoms with Gasteiger partial charge in [0.1, 0.15) is 24.0 Å². The average Bonchev–Trinajstić information content (AvgIpc) is 3.12. The molecule has 0 bridgehead atoms. The summed E-state index contributed by atoms with van der Waals surface area (Å²) in [6.45, 7) is 0.983. The molecule has 2 heterocycles. The Hall–Kier alpha value is -2.57. The molecule has 1 aliphatic rings. The zero-order valence-corrected chi connectivity index (χ0v) is 14.5. The maximum atomic E-state index is 12.3. The van der Waals surface area contributed by atoms with Crippen LogP contribution < -0.4 is 14.2 Å². The summed E-state index contributed by atoms with van der Waals surface area (Å²) in [7, 11) is 0. The summed E-state index contributed by atoms with van der Waals surface area (Å²) in [5.41, 5.74) is 1.10. The number of hydrogen-bond donors (Lipinski definition) is 0. The van der Waals surface area contributed by atoms with Crippen LogP contribution in [-0.4, -0.2) is 24.2 Å². The van der Waals surface area contributed by atoms with Crippen molar-refractivity contribution < 1.29 is 19.0 Å². The highest BCUT2D eigenvalue weighted by molar-refractivity contribution is 7.13. The summed E-state index contributed by atoms with van der Waals surface area (Å²) >= 11 is 7.35. The fourth-order valence-corrected chi connectivity index (χ4v) is 3.34. The smallest absolute Gasteiger partial charge is 0.363 e. The van der Waals surface area contributed by atoms with Crippen molar-refractivity contribution in [3.63, 3.8) is 0 Å². The Morgan fingerprint density at radius 3 is 2.80 bits per heavy atom. The summed E-state index contributed by atoms with van der Waals surface area (Å²) < 4.78 is 16.3. The molecule has 4 rings (SSSR count). The van der Waals surface area contributed by atoms with E-state index in [1.54, 1.807) is 35.7 Å². The van der Waals surface area contributed by atoms with Crippen molar-refractivity contribution >= 4 is 28.9 Å². The third-order valence-corrected chi connectivity index (χ3v) is 4.64. The van der Waals surface area contributed by atoms with Gasteiger partial charge in [0, 0.05) is 22.0 Å². The molecule has 5 nitrogen and oxygen atoms in total. The number of fused-ring (bicyclic) bond motifs is 1. The van der Waals surface area contributed by atoms with Crippen LogP contribution in [0.15, 0.2) is 47.8 Å². The highest BCUT2D eigenvalue weighted by Gasteiger charge is 2.17. The number of carbonyl (C=O) groups is 1. The monoisotopic (exact) mass is 373 g/mol. The maximum Gasteiger partial charge on any atom is 0.363 e. The molecule has 1 aromatic heterocycles. The number of thiazole rings is 1. The Labute approximate surface area is 152 Å². The van der Waals surface area contributed by atoms with E-state index in [2.05, 4.69) is 4.98 Å². The summed E-state index contributed by atoms with van der Waals surface area (Å²) in [6, 6.07) is 12.3. The number of ether oxygens (including phenoxy) is 3. The van der Waals surface area contributed by atoms with Gasteiger partial charge < -0.3 is 14.2 Å². The van der Waals surface area contributed by atoms with Gasteiger partial charge in [0.2, 0.25) is 0 Å². The summed E-state index contributed by atoms with van der Waals surface area (Å²) in [6.07, 6.45) is 0. The number of esters is 1. The summed E-state index contributed by atoms with van der Waals surface area (Å²) in [5.74, 6) is 1.06. The second-order valence-corrected chi connectivity index (χ2v) is 6.54. The molecular formula is C18H12ClNO4S. The molecule has 0 radical (unpaired) electrons. The molecule has 1 aliphatic heterocycles. The zero-order chi connectivity index (χ0) is 17.2. The molecule has 25 heavy (non-hydrogen) atoms. The Bertz CT molecular complexity index is 940. The standard InChI is InChI=1S/C18H12ClNO4S/c19-12-3-1-2-11(8-12)17-20-14(10-25-17)18(21)24-13-4-5-15-16(9-13)23-7-6-22-15/h1-5,8-10H,6-7H2. The molecule has 0 amide bonds. The van der Waals surface area contributed by atoms with Gasteiger partial charge in [-0.05, 0) is 24.3 Å². The lowest BCUT2D eigenvalue weighted by Crippen LogP contribution is -2.15. The van der Waals surface area contributed by atoms with Crippen LogP contribution in [0.5, 0.6) is 17.2 Å². The Kier molecular flexibility index (Phi) is 4.29. The van der Waals surface area contributed by atoms with Gasteiger partial charge in [-0.15, -0.1) is 11.3 Å². The van der Waals surface area contributed by atoms with Gasteiger partial charge in [0.05, 0.1) is 0 Å². The van der Waals surface area contributed by atoms with Crippen molar-refractivity contribution in [1.82, 2.24) is 4.98 Å². The molecule has 0 spiro atoms. The molecule has 0 unspecified atom stereocenters. The molecule has 126 valence electrons. The third-order valence-electron chi connectivity index (χ3n) is 3.51. The van der Waals surface area contributed by atoms with Gasteiger partial charge in [-0.1, -0.05) is 23.7 Å². The van der Waals surface area contributed by atoms with Crippen LogP contribution in [0, 0.1) is 0 Å². The Morgan fingerprint density at radius 1 is 1.12 bits per heavy atom. The highest BCUT2D eigenvalue weighted by Crippen LogP contribution is 2.34. The van der Waals surface area contributed by atoms with Gasteiger partial charge in [-0.3, -0.25) is 0 Å². The third kappa shape index (κ3) is 3.45. The predicted octanol–water partition coefficient (Wildman–Crippen LogP) is 4.45. The molecule has 0 fully saturated rings. The van der Waals surface area contributed by atoms with E-state index in [1.165, 1.54) is 11.3 Å². The molecular weight excluding hydrogens is 362 g/mol. The predicted molar refractivity (Wildman–Crippen MR) is 95.0 cm³/mol. The van der Waals surface area contributed by atoms with Crippen LogP contribution in [0.25, 0.3) is 10.6 Å². The fraction of sp³-hybridized carbons (Fsp3) is 0.111. The minimum atomic E-state index is -0.527.